The van der Waals surface area contributed by atoms with Crippen molar-refractivity contribution in [1.82, 2.24) is 5.32 Å². The first-order valence-corrected chi connectivity index (χ1v) is 6.68. The summed E-state index contributed by atoms with van der Waals surface area (Å²) in [5, 5.41) is 2.55. The van der Waals surface area contributed by atoms with Crippen LogP contribution in [0.5, 0.6) is 0 Å². The molecule has 122 valence electrons. The van der Waals surface area contributed by atoms with Crippen LogP contribution in [0.2, 0.25) is 0 Å². The lowest BCUT2D eigenvalue weighted by Gasteiger charge is -2.27. The number of esters is 2. The van der Waals surface area contributed by atoms with E-state index in [1.165, 1.54) is 14.2 Å². The molecule has 3 unspecified atom stereocenters. The van der Waals surface area contributed by atoms with Crippen molar-refractivity contribution in [3.63, 3.8) is 0 Å². The molecule has 1 aliphatic carbocycles. The Labute approximate surface area is 130 Å². The first-order valence-electron chi connectivity index (χ1n) is 6.68. The number of hydrogen-bond acceptors (Lipinski definition) is 6. The lowest BCUT2D eigenvalue weighted by atomic mass is 9.85. The van der Waals surface area contributed by atoms with Crippen molar-refractivity contribution in [2.75, 3.05) is 14.2 Å². The second-order valence-electron chi connectivity index (χ2n) is 4.99. The maximum absolute atomic E-state index is 12.1. The van der Waals surface area contributed by atoms with Crippen molar-refractivity contribution in [2.24, 2.45) is 11.7 Å². The molecule has 0 aliphatic heterocycles. The zero-order valence-electron chi connectivity index (χ0n) is 12.3. The van der Waals surface area contributed by atoms with Gasteiger partial charge in [0, 0.05) is 12.0 Å². The molecule has 3 N–H and O–H groups in total. The van der Waals surface area contributed by atoms with Gasteiger partial charge in [0.1, 0.15) is 6.04 Å². The highest BCUT2D eigenvalue weighted by Gasteiger charge is 2.30. The Bertz CT molecular complexity index is 378. The minimum absolute atomic E-state index is 0. The van der Waals surface area contributed by atoms with Gasteiger partial charge < -0.3 is 20.5 Å². The molecule has 1 amide bonds. The molecular weight excluding hydrogens is 300 g/mol. The summed E-state index contributed by atoms with van der Waals surface area (Å²) in [7, 11) is 2.42. The van der Waals surface area contributed by atoms with Gasteiger partial charge in [-0.2, -0.15) is 0 Å². The number of carbonyl (C=O) groups is 3. The Morgan fingerprint density at radius 1 is 1.24 bits per heavy atom. The fourth-order valence-corrected chi connectivity index (χ4v) is 2.34. The summed E-state index contributed by atoms with van der Waals surface area (Å²) in [5.41, 5.74) is 5.84. The van der Waals surface area contributed by atoms with Crippen molar-refractivity contribution < 1.29 is 23.9 Å². The molecule has 0 spiro atoms. The van der Waals surface area contributed by atoms with E-state index < -0.39 is 18.0 Å². The molecule has 1 aliphatic rings. The van der Waals surface area contributed by atoms with Gasteiger partial charge in [-0.25, -0.2) is 4.79 Å². The SMILES string of the molecule is COC(=O)CC(NC(=O)C1CCCC(N)C1)C(=O)OC.Cl. The van der Waals surface area contributed by atoms with E-state index in [-0.39, 0.29) is 36.7 Å². The second kappa shape index (κ2) is 9.57. The molecule has 0 bridgehead atoms. The van der Waals surface area contributed by atoms with Crippen LogP contribution in [-0.4, -0.2) is 44.1 Å². The third-order valence-corrected chi connectivity index (χ3v) is 3.49. The number of methoxy groups -OCH3 is 2. The highest BCUT2D eigenvalue weighted by Crippen LogP contribution is 2.23. The largest absolute Gasteiger partial charge is 0.469 e. The van der Waals surface area contributed by atoms with Gasteiger partial charge in [0.05, 0.1) is 20.6 Å². The van der Waals surface area contributed by atoms with E-state index in [0.29, 0.717) is 6.42 Å². The van der Waals surface area contributed by atoms with Crippen LogP contribution in [0.3, 0.4) is 0 Å². The Morgan fingerprint density at radius 2 is 1.90 bits per heavy atom. The molecule has 0 radical (unpaired) electrons. The van der Waals surface area contributed by atoms with E-state index >= 15 is 0 Å². The van der Waals surface area contributed by atoms with Crippen molar-refractivity contribution in [3.05, 3.63) is 0 Å². The molecule has 0 heterocycles. The quantitative estimate of drug-likeness (QED) is 0.697. The molecule has 1 saturated carbocycles. The first-order chi connectivity index (χ1) is 9.47. The molecule has 3 atom stereocenters. The van der Waals surface area contributed by atoms with Crippen molar-refractivity contribution >= 4 is 30.3 Å². The van der Waals surface area contributed by atoms with Crippen LogP contribution in [0, 0.1) is 5.92 Å². The zero-order chi connectivity index (χ0) is 15.1. The lowest BCUT2D eigenvalue weighted by Crippen LogP contribution is -2.47. The monoisotopic (exact) mass is 322 g/mol. The second-order valence-corrected chi connectivity index (χ2v) is 4.99. The molecule has 0 aromatic rings. The van der Waals surface area contributed by atoms with Crippen LogP contribution in [0.15, 0.2) is 0 Å². The molecule has 0 aromatic carbocycles. The van der Waals surface area contributed by atoms with Crippen LogP contribution in [0.25, 0.3) is 0 Å². The van der Waals surface area contributed by atoms with Crippen LogP contribution in [0.4, 0.5) is 0 Å². The number of ether oxygens (including phenoxy) is 2. The average Bonchev–Trinajstić information content (AvgIpc) is 2.45. The fraction of sp³-hybridized carbons (Fsp3) is 0.769. The molecular formula is C13H23ClN2O5. The summed E-state index contributed by atoms with van der Waals surface area (Å²) in [5.74, 6) is -1.73. The molecule has 0 aromatic heterocycles. The van der Waals surface area contributed by atoms with Gasteiger partial charge in [-0.3, -0.25) is 9.59 Å². The van der Waals surface area contributed by atoms with Crippen LogP contribution >= 0.6 is 12.4 Å². The minimum atomic E-state index is -1.02. The fourth-order valence-electron chi connectivity index (χ4n) is 2.34. The van der Waals surface area contributed by atoms with Crippen molar-refractivity contribution in [1.29, 1.82) is 0 Å². The van der Waals surface area contributed by atoms with E-state index in [1.54, 1.807) is 0 Å². The van der Waals surface area contributed by atoms with Crippen LogP contribution in [-0.2, 0) is 23.9 Å². The van der Waals surface area contributed by atoms with Crippen molar-refractivity contribution in [3.8, 4) is 0 Å². The molecule has 0 saturated heterocycles. The number of halogens is 1. The third kappa shape index (κ3) is 6.31. The number of hydrogen-bond donors (Lipinski definition) is 2. The summed E-state index contributed by atoms with van der Waals surface area (Å²) in [6, 6.07) is -1.00. The summed E-state index contributed by atoms with van der Waals surface area (Å²) in [6.07, 6.45) is 2.89. The molecule has 8 heteroatoms. The summed E-state index contributed by atoms with van der Waals surface area (Å²) < 4.78 is 9.08. The normalized spacial score (nSPS) is 22.4. The molecule has 1 fully saturated rings. The van der Waals surface area contributed by atoms with Gasteiger partial charge in [0.25, 0.3) is 0 Å². The maximum atomic E-state index is 12.1. The maximum Gasteiger partial charge on any atom is 0.328 e. The molecule has 7 nitrogen and oxygen atoms in total. The minimum Gasteiger partial charge on any atom is -0.469 e. The number of carbonyl (C=O) groups excluding carboxylic acids is 3. The number of rotatable bonds is 5. The Morgan fingerprint density at radius 3 is 2.43 bits per heavy atom. The number of nitrogens with one attached hydrogen (secondary N) is 1. The Balaban J connectivity index is 0.00000400. The van der Waals surface area contributed by atoms with E-state index in [9.17, 15) is 14.4 Å². The zero-order valence-corrected chi connectivity index (χ0v) is 13.1. The predicted octanol–water partition coefficient (Wildman–Crippen LogP) is 0.147. The van der Waals surface area contributed by atoms with Gasteiger partial charge in [0.2, 0.25) is 5.91 Å². The smallest absolute Gasteiger partial charge is 0.328 e. The highest BCUT2D eigenvalue weighted by molar-refractivity contribution is 5.88. The first kappa shape index (κ1) is 19.7. The van der Waals surface area contributed by atoms with E-state index in [1.807, 2.05) is 0 Å². The summed E-state index contributed by atoms with van der Waals surface area (Å²) >= 11 is 0. The molecule has 1 rings (SSSR count). The van der Waals surface area contributed by atoms with Gasteiger partial charge in [-0.15, -0.1) is 12.4 Å². The van der Waals surface area contributed by atoms with Crippen molar-refractivity contribution in [2.45, 2.75) is 44.2 Å². The van der Waals surface area contributed by atoms with Gasteiger partial charge in [-0.1, -0.05) is 6.42 Å². The highest BCUT2D eigenvalue weighted by atomic mass is 35.5. The van der Waals surface area contributed by atoms with Gasteiger partial charge in [0.15, 0.2) is 0 Å². The van der Waals surface area contributed by atoms with Gasteiger partial charge >= 0.3 is 11.9 Å². The Kier molecular flexibility index (Phi) is 8.96. The number of amides is 1. The van der Waals surface area contributed by atoms with E-state index in [4.69, 9.17) is 5.73 Å². The molecule has 21 heavy (non-hydrogen) atoms. The van der Waals surface area contributed by atoms with Gasteiger partial charge in [-0.05, 0) is 19.3 Å². The Hall–Kier alpha value is -1.34. The van der Waals surface area contributed by atoms with E-state index in [2.05, 4.69) is 14.8 Å². The predicted molar refractivity (Wildman–Crippen MR) is 77.8 cm³/mol. The average molecular weight is 323 g/mol. The summed E-state index contributed by atoms with van der Waals surface area (Å²) in [4.78, 5) is 34.9. The lowest BCUT2D eigenvalue weighted by molar-refractivity contribution is -0.151. The van der Waals surface area contributed by atoms with E-state index in [0.717, 1.165) is 19.3 Å². The van der Waals surface area contributed by atoms with Crippen LogP contribution in [0.1, 0.15) is 32.1 Å². The van der Waals surface area contributed by atoms with Crippen LogP contribution < -0.4 is 11.1 Å². The topological polar surface area (TPSA) is 108 Å². The number of nitrogens with two attached hydrogens (primary N) is 1. The summed E-state index contributed by atoms with van der Waals surface area (Å²) in [6.45, 7) is 0. The standard InChI is InChI=1S/C13H22N2O5.ClH/c1-19-11(16)7-10(13(18)20-2)15-12(17)8-4-3-5-9(14)6-8;/h8-10H,3-7,14H2,1-2H3,(H,15,17);1H. The third-order valence-electron chi connectivity index (χ3n) is 3.49.